The standard InChI is InChI=1S/C15H12Cl2FN3/c1-8-6-14-19-9(2)10(15(17)21(14)20-8)7-11-12(16)4-3-5-13(11)18/h3-6H,7H2,1-2H3. The highest BCUT2D eigenvalue weighted by atomic mass is 35.5. The first-order valence-corrected chi connectivity index (χ1v) is 7.17. The number of hydrogen-bond donors (Lipinski definition) is 0. The Bertz CT molecular complexity index is 822. The maximum atomic E-state index is 13.9. The predicted molar refractivity (Wildman–Crippen MR) is 81.7 cm³/mol. The molecule has 3 nitrogen and oxygen atoms in total. The smallest absolute Gasteiger partial charge is 0.157 e. The lowest BCUT2D eigenvalue weighted by Gasteiger charge is -2.11. The number of benzene rings is 1. The quantitative estimate of drug-likeness (QED) is 0.655. The monoisotopic (exact) mass is 323 g/mol. The van der Waals surface area contributed by atoms with Crippen LogP contribution in [0, 0.1) is 19.7 Å². The molecule has 0 bridgehead atoms. The van der Waals surface area contributed by atoms with Gasteiger partial charge in [0.05, 0.1) is 5.69 Å². The predicted octanol–water partition coefficient (Wildman–Crippen LogP) is 4.38. The van der Waals surface area contributed by atoms with E-state index in [1.54, 1.807) is 16.6 Å². The fourth-order valence-electron chi connectivity index (χ4n) is 2.31. The van der Waals surface area contributed by atoms with Gasteiger partial charge in [-0.25, -0.2) is 13.9 Å². The molecule has 0 fully saturated rings. The van der Waals surface area contributed by atoms with E-state index in [1.165, 1.54) is 6.07 Å². The molecular formula is C15H12Cl2FN3. The highest BCUT2D eigenvalue weighted by Crippen LogP contribution is 2.28. The third kappa shape index (κ3) is 2.49. The van der Waals surface area contributed by atoms with Crippen molar-refractivity contribution < 1.29 is 4.39 Å². The van der Waals surface area contributed by atoms with Crippen molar-refractivity contribution in [1.82, 2.24) is 14.6 Å². The first-order valence-electron chi connectivity index (χ1n) is 6.41. The zero-order chi connectivity index (χ0) is 15.1. The first-order chi connectivity index (χ1) is 9.97. The molecule has 0 saturated carbocycles. The van der Waals surface area contributed by atoms with Gasteiger partial charge in [-0.2, -0.15) is 5.10 Å². The highest BCUT2D eigenvalue weighted by Gasteiger charge is 2.16. The molecule has 6 heteroatoms. The largest absolute Gasteiger partial charge is 0.233 e. The number of aryl methyl sites for hydroxylation is 2. The maximum absolute atomic E-state index is 13.9. The van der Waals surface area contributed by atoms with Gasteiger partial charge in [-0.3, -0.25) is 0 Å². The Morgan fingerprint density at radius 1 is 1.19 bits per heavy atom. The van der Waals surface area contributed by atoms with Crippen LogP contribution in [0.2, 0.25) is 10.2 Å². The lowest BCUT2D eigenvalue weighted by atomic mass is 10.0. The Hall–Kier alpha value is -1.65. The van der Waals surface area contributed by atoms with E-state index in [0.29, 0.717) is 21.4 Å². The molecule has 21 heavy (non-hydrogen) atoms. The number of rotatable bonds is 2. The summed E-state index contributed by atoms with van der Waals surface area (Å²) in [6.07, 6.45) is 0.276. The minimum atomic E-state index is -0.352. The average molecular weight is 324 g/mol. The fraction of sp³-hybridized carbons (Fsp3) is 0.200. The van der Waals surface area contributed by atoms with Crippen LogP contribution in [0.3, 0.4) is 0 Å². The lowest BCUT2D eigenvalue weighted by Crippen LogP contribution is -2.04. The summed E-state index contributed by atoms with van der Waals surface area (Å²) >= 11 is 12.5. The summed E-state index contributed by atoms with van der Waals surface area (Å²) in [6.45, 7) is 3.71. The molecule has 1 aromatic carbocycles. The van der Waals surface area contributed by atoms with Crippen LogP contribution < -0.4 is 0 Å². The Morgan fingerprint density at radius 2 is 1.95 bits per heavy atom. The third-order valence-electron chi connectivity index (χ3n) is 3.38. The van der Waals surface area contributed by atoms with Crippen molar-refractivity contribution in [1.29, 1.82) is 0 Å². The van der Waals surface area contributed by atoms with Crippen LogP contribution in [0.15, 0.2) is 24.3 Å². The topological polar surface area (TPSA) is 30.2 Å². The van der Waals surface area contributed by atoms with E-state index in [2.05, 4.69) is 10.1 Å². The number of hydrogen-bond acceptors (Lipinski definition) is 2. The van der Waals surface area contributed by atoms with E-state index in [1.807, 2.05) is 19.9 Å². The molecule has 0 spiro atoms. The Labute approximate surface area is 131 Å². The maximum Gasteiger partial charge on any atom is 0.157 e. The van der Waals surface area contributed by atoms with Crippen molar-refractivity contribution in [3.63, 3.8) is 0 Å². The van der Waals surface area contributed by atoms with Gasteiger partial charge in [0.1, 0.15) is 11.0 Å². The Balaban J connectivity index is 2.16. The molecule has 0 saturated heterocycles. The number of aromatic nitrogens is 3. The van der Waals surface area contributed by atoms with Crippen LogP contribution in [0.25, 0.3) is 5.65 Å². The van der Waals surface area contributed by atoms with Crippen LogP contribution in [0.4, 0.5) is 4.39 Å². The van der Waals surface area contributed by atoms with Crippen LogP contribution >= 0.6 is 23.2 Å². The van der Waals surface area contributed by atoms with Crippen molar-refractivity contribution in [3.05, 3.63) is 62.8 Å². The van der Waals surface area contributed by atoms with Gasteiger partial charge >= 0.3 is 0 Å². The van der Waals surface area contributed by atoms with Crippen molar-refractivity contribution in [3.8, 4) is 0 Å². The summed E-state index contributed by atoms with van der Waals surface area (Å²) in [4.78, 5) is 4.46. The SMILES string of the molecule is Cc1cc2nc(C)c(Cc3c(F)cccc3Cl)c(Cl)n2n1. The number of halogens is 3. The molecule has 3 aromatic rings. The van der Waals surface area contributed by atoms with E-state index in [4.69, 9.17) is 23.2 Å². The number of fused-ring (bicyclic) bond motifs is 1. The molecule has 0 aliphatic heterocycles. The molecular weight excluding hydrogens is 312 g/mol. The van der Waals surface area contributed by atoms with Gasteiger partial charge in [0.2, 0.25) is 0 Å². The molecule has 0 amide bonds. The van der Waals surface area contributed by atoms with Crippen molar-refractivity contribution >= 4 is 28.8 Å². The molecule has 0 N–H and O–H groups in total. The summed E-state index contributed by atoms with van der Waals surface area (Å²) in [6, 6.07) is 6.47. The van der Waals surface area contributed by atoms with E-state index in [0.717, 1.165) is 17.0 Å². The second-order valence-electron chi connectivity index (χ2n) is 4.90. The second-order valence-corrected chi connectivity index (χ2v) is 5.66. The van der Waals surface area contributed by atoms with E-state index in [9.17, 15) is 4.39 Å². The molecule has 2 aromatic heterocycles. The van der Waals surface area contributed by atoms with Gasteiger partial charge in [0.25, 0.3) is 0 Å². The summed E-state index contributed by atoms with van der Waals surface area (Å²) in [7, 11) is 0. The molecule has 0 atom stereocenters. The summed E-state index contributed by atoms with van der Waals surface area (Å²) in [5.74, 6) is -0.352. The van der Waals surface area contributed by atoms with Gasteiger partial charge in [-0.1, -0.05) is 29.3 Å². The van der Waals surface area contributed by atoms with Crippen molar-refractivity contribution in [2.24, 2.45) is 0 Å². The van der Waals surface area contributed by atoms with Crippen molar-refractivity contribution in [2.45, 2.75) is 20.3 Å². The zero-order valence-electron chi connectivity index (χ0n) is 11.5. The first kappa shape index (κ1) is 14.3. The molecule has 0 aliphatic carbocycles. The Morgan fingerprint density at radius 3 is 2.67 bits per heavy atom. The minimum Gasteiger partial charge on any atom is -0.233 e. The normalized spacial score (nSPS) is 11.3. The van der Waals surface area contributed by atoms with Crippen molar-refractivity contribution in [2.75, 3.05) is 0 Å². The van der Waals surface area contributed by atoms with Crippen LogP contribution in [0.5, 0.6) is 0 Å². The summed E-state index contributed by atoms with van der Waals surface area (Å²) in [5, 5.41) is 5.11. The molecule has 0 radical (unpaired) electrons. The van der Waals surface area contributed by atoms with Crippen LogP contribution in [0.1, 0.15) is 22.5 Å². The van der Waals surface area contributed by atoms with E-state index < -0.39 is 0 Å². The van der Waals surface area contributed by atoms with E-state index >= 15 is 0 Å². The van der Waals surface area contributed by atoms with E-state index in [-0.39, 0.29) is 12.2 Å². The lowest BCUT2D eigenvalue weighted by molar-refractivity contribution is 0.613. The minimum absolute atomic E-state index is 0.276. The van der Waals surface area contributed by atoms with Crippen LogP contribution in [-0.2, 0) is 6.42 Å². The average Bonchev–Trinajstić information content (AvgIpc) is 2.78. The van der Waals surface area contributed by atoms with Gasteiger partial charge in [0.15, 0.2) is 5.65 Å². The van der Waals surface area contributed by atoms with Gasteiger partial charge in [0, 0.05) is 34.3 Å². The van der Waals surface area contributed by atoms with Gasteiger partial charge in [-0.15, -0.1) is 0 Å². The van der Waals surface area contributed by atoms with Crippen LogP contribution in [-0.4, -0.2) is 14.6 Å². The van der Waals surface area contributed by atoms with Gasteiger partial charge in [-0.05, 0) is 26.0 Å². The molecule has 0 unspecified atom stereocenters. The highest BCUT2D eigenvalue weighted by molar-refractivity contribution is 6.31. The molecule has 2 heterocycles. The molecule has 108 valence electrons. The molecule has 0 aliphatic rings. The number of nitrogens with zero attached hydrogens (tertiary/aromatic N) is 3. The Kier molecular flexibility index (Phi) is 3.59. The second kappa shape index (κ2) is 5.28. The zero-order valence-corrected chi connectivity index (χ0v) is 13.0. The fourth-order valence-corrected chi connectivity index (χ4v) is 2.86. The third-order valence-corrected chi connectivity index (χ3v) is 4.12. The molecule has 3 rings (SSSR count). The summed E-state index contributed by atoms with van der Waals surface area (Å²) in [5.41, 5.74) is 3.38. The summed E-state index contributed by atoms with van der Waals surface area (Å²) < 4.78 is 15.5. The van der Waals surface area contributed by atoms with Gasteiger partial charge < -0.3 is 0 Å².